The van der Waals surface area contributed by atoms with Gasteiger partial charge >= 0.3 is 0 Å². The smallest absolute Gasteiger partial charge is 0.263 e. The second-order valence-electron chi connectivity index (χ2n) is 7.35. The fraction of sp³-hybridized carbons (Fsp3) is 0.261. The van der Waals surface area contributed by atoms with Crippen molar-refractivity contribution in [3.05, 3.63) is 77.3 Å². The summed E-state index contributed by atoms with van der Waals surface area (Å²) in [6.45, 7) is 1.57. The number of nitrogens with zero attached hydrogens (tertiary/aromatic N) is 3. The zero-order chi connectivity index (χ0) is 21.6. The van der Waals surface area contributed by atoms with Crippen molar-refractivity contribution in [2.24, 2.45) is 5.92 Å². The lowest BCUT2D eigenvalue weighted by atomic mass is 9.97. The lowest BCUT2D eigenvalue weighted by Gasteiger charge is -2.33. The Bertz CT molecular complexity index is 1050. The van der Waals surface area contributed by atoms with Gasteiger partial charge in [-0.3, -0.25) is 4.79 Å². The van der Waals surface area contributed by atoms with E-state index in [0.717, 1.165) is 24.9 Å². The van der Waals surface area contributed by atoms with Gasteiger partial charge in [-0.25, -0.2) is 14.4 Å². The molecule has 3 aromatic rings. The fourth-order valence-electron chi connectivity index (χ4n) is 3.57. The van der Waals surface area contributed by atoms with E-state index < -0.39 is 5.82 Å². The summed E-state index contributed by atoms with van der Waals surface area (Å²) >= 11 is 5.82. The Balaban J connectivity index is 1.41. The molecule has 1 aliphatic rings. The number of carbonyl (C=O) groups excluding carboxylic acids is 1. The molecule has 8 heteroatoms. The molecule has 0 radical (unpaired) electrons. The highest BCUT2D eigenvalue weighted by atomic mass is 35.5. The number of halogens is 2. The molecule has 0 unspecified atom stereocenters. The highest BCUT2D eigenvalue weighted by Crippen LogP contribution is 2.31. The quantitative estimate of drug-likeness (QED) is 0.607. The van der Waals surface area contributed by atoms with Crippen LogP contribution in [0.15, 0.2) is 60.9 Å². The summed E-state index contributed by atoms with van der Waals surface area (Å²) in [6, 6.07) is 13.8. The van der Waals surface area contributed by atoms with Crippen LogP contribution in [0.1, 0.15) is 18.4 Å². The molecule has 1 fully saturated rings. The predicted molar refractivity (Wildman–Crippen MR) is 117 cm³/mol. The summed E-state index contributed by atoms with van der Waals surface area (Å²) in [5.74, 6) is 0.978. The summed E-state index contributed by atoms with van der Waals surface area (Å²) in [4.78, 5) is 23.6. The number of para-hydroxylation sites is 1. The SMILES string of the molecule is O=C(NCc1ccc(F)c(Cl)c1)[C@H]1CCCN(c2nccnc2Oc2ccccc2)C1. The normalized spacial score (nSPS) is 16.1. The molecule has 0 saturated carbocycles. The summed E-state index contributed by atoms with van der Waals surface area (Å²) in [5, 5.41) is 2.97. The standard InChI is InChI=1S/C23H22ClFN4O2/c24-19-13-16(8-9-20(19)25)14-28-22(30)17-5-4-12-29(15-17)21-23(27-11-10-26-21)31-18-6-2-1-3-7-18/h1-3,6-11,13,17H,4-5,12,14-15H2,(H,28,30)/t17-/m0/s1. The molecule has 2 aromatic carbocycles. The first-order valence-electron chi connectivity index (χ1n) is 10.1. The van der Waals surface area contributed by atoms with Crippen LogP contribution in [0.4, 0.5) is 10.2 Å². The Hall–Kier alpha value is -3.19. The van der Waals surface area contributed by atoms with Crippen molar-refractivity contribution in [1.29, 1.82) is 0 Å². The molecule has 0 spiro atoms. The molecular formula is C23H22ClFN4O2. The first kappa shape index (κ1) is 21.1. The maximum Gasteiger partial charge on any atom is 0.263 e. The minimum atomic E-state index is -0.475. The van der Waals surface area contributed by atoms with Crippen LogP contribution in [0, 0.1) is 11.7 Å². The van der Waals surface area contributed by atoms with E-state index in [2.05, 4.69) is 15.3 Å². The van der Waals surface area contributed by atoms with E-state index in [1.807, 2.05) is 35.2 Å². The van der Waals surface area contributed by atoms with E-state index >= 15 is 0 Å². The minimum absolute atomic E-state index is 0.0455. The zero-order valence-electron chi connectivity index (χ0n) is 16.8. The molecule has 1 amide bonds. The molecule has 0 bridgehead atoms. The highest BCUT2D eigenvalue weighted by molar-refractivity contribution is 6.30. The van der Waals surface area contributed by atoms with Crippen LogP contribution >= 0.6 is 11.6 Å². The largest absolute Gasteiger partial charge is 0.436 e. The summed E-state index contributed by atoms with van der Waals surface area (Å²) in [5.41, 5.74) is 0.750. The van der Waals surface area contributed by atoms with Gasteiger partial charge in [-0.1, -0.05) is 35.9 Å². The summed E-state index contributed by atoms with van der Waals surface area (Å²) < 4.78 is 19.2. The van der Waals surface area contributed by atoms with Crippen molar-refractivity contribution in [2.75, 3.05) is 18.0 Å². The van der Waals surface area contributed by atoms with Gasteiger partial charge in [0.05, 0.1) is 10.9 Å². The second-order valence-corrected chi connectivity index (χ2v) is 7.76. The Morgan fingerprint density at radius 1 is 1.19 bits per heavy atom. The third kappa shape index (κ3) is 5.30. The molecule has 1 saturated heterocycles. The van der Waals surface area contributed by atoms with Crippen molar-refractivity contribution >= 4 is 23.3 Å². The van der Waals surface area contributed by atoms with Crippen molar-refractivity contribution < 1.29 is 13.9 Å². The number of anilines is 1. The number of amides is 1. The second kappa shape index (κ2) is 9.75. The minimum Gasteiger partial charge on any atom is -0.436 e. The van der Waals surface area contributed by atoms with Crippen molar-refractivity contribution in [3.63, 3.8) is 0 Å². The number of hydrogen-bond donors (Lipinski definition) is 1. The number of piperidine rings is 1. The van der Waals surface area contributed by atoms with E-state index in [-0.39, 0.29) is 16.8 Å². The number of rotatable bonds is 6. The summed E-state index contributed by atoms with van der Waals surface area (Å²) in [6.07, 6.45) is 4.84. The third-order valence-electron chi connectivity index (χ3n) is 5.15. The first-order chi connectivity index (χ1) is 15.1. The van der Waals surface area contributed by atoms with Crippen LogP contribution in [0.3, 0.4) is 0 Å². The van der Waals surface area contributed by atoms with Crippen LogP contribution in [0.5, 0.6) is 11.6 Å². The zero-order valence-corrected chi connectivity index (χ0v) is 17.6. The summed E-state index contributed by atoms with van der Waals surface area (Å²) in [7, 11) is 0. The Morgan fingerprint density at radius 3 is 2.81 bits per heavy atom. The fourth-order valence-corrected chi connectivity index (χ4v) is 3.78. The number of aromatic nitrogens is 2. The Labute approximate surface area is 185 Å². The lowest BCUT2D eigenvalue weighted by Crippen LogP contribution is -2.43. The van der Waals surface area contributed by atoms with E-state index in [1.54, 1.807) is 18.5 Å². The van der Waals surface area contributed by atoms with Gasteiger partial charge in [-0.2, -0.15) is 0 Å². The number of ether oxygens (including phenoxy) is 1. The third-order valence-corrected chi connectivity index (χ3v) is 5.44. The maximum atomic E-state index is 13.3. The monoisotopic (exact) mass is 440 g/mol. The van der Waals surface area contributed by atoms with E-state index in [1.165, 1.54) is 12.1 Å². The Morgan fingerprint density at radius 2 is 2.00 bits per heavy atom. The van der Waals surface area contributed by atoms with Crippen LogP contribution in [0.25, 0.3) is 0 Å². The van der Waals surface area contributed by atoms with Crippen molar-refractivity contribution in [1.82, 2.24) is 15.3 Å². The van der Waals surface area contributed by atoms with E-state index in [4.69, 9.17) is 16.3 Å². The topological polar surface area (TPSA) is 67.4 Å². The molecule has 6 nitrogen and oxygen atoms in total. The molecular weight excluding hydrogens is 419 g/mol. The van der Waals surface area contributed by atoms with Gasteiger partial charge in [-0.05, 0) is 42.7 Å². The number of carbonyl (C=O) groups is 1. The first-order valence-corrected chi connectivity index (χ1v) is 10.5. The van der Waals surface area contributed by atoms with Crippen molar-refractivity contribution in [2.45, 2.75) is 19.4 Å². The van der Waals surface area contributed by atoms with Crippen LogP contribution in [-0.2, 0) is 11.3 Å². The Kier molecular flexibility index (Phi) is 6.62. The lowest BCUT2D eigenvalue weighted by molar-refractivity contribution is -0.125. The number of nitrogens with one attached hydrogen (secondary N) is 1. The maximum absolute atomic E-state index is 13.3. The van der Waals surface area contributed by atoms with Crippen molar-refractivity contribution in [3.8, 4) is 11.6 Å². The molecule has 0 aliphatic carbocycles. The van der Waals surface area contributed by atoms with Gasteiger partial charge < -0.3 is 15.0 Å². The van der Waals surface area contributed by atoms with Crippen LogP contribution < -0.4 is 15.0 Å². The average Bonchev–Trinajstić information content (AvgIpc) is 2.81. The molecule has 1 N–H and O–H groups in total. The van der Waals surface area contributed by atoms with E-state index in [9.17, 15) is 9.18 Å². The molecule has 4 rings (SSSR count). The molecule has 1 atom stereocenters. The molecule has 1 aromatic heterocycles. The number of benzene rings is 2. The van der Waals surface area contributed by atoms with Gasteiger partial charge in [0.25, 0.3) is 5.88 Å². The molecule has 1 aliphatic heterocycles. The molecule has 160 valence electrons. The van der Waals surface area contributed by atoms with Gasteiger partial charge in [0.1, 0.15) is 11.6 Å². The van der Waals surface area contributed by atoms with Gasteiger partial charge in [0, 0.05) is 32.0 Å². The highest BCUT2D eigenvalue weighted by Gasteiger charge is 2.28. The van der Waals surface area contributed by atoms with Gasteiger partial charge in [-0.15, -0.1) is 0 Å². The molecule has 31 heavy (non-hydrogen) atoms. The van der Waals surface area contributed by atoms with E-state index in [0.29, 0.717) is 30.5 Å². The van der Waals surface area contributed by atoms with Gasteiger partial charge in [0.2, 0.25) is 5.91 Å². The molecule has 2 heterocycles. The van der Waals surface area contributed by atoms with Crippen LogP contribution in [0.2, 0.25) is 5.02 Å². The van der Waals surface area contributed by atoms with Crippen LogP contribution in [-0.4, -0.2) is 29.0 Å². The van der Waals surface area contributed by atoms with Gasteiger partial charge in [0.15, 0.2) is 5.82 Å². The predicted octanol–water partition coefficient (Wildman–Crippen LogP) is 4.59. The number of hydrogen-bond acceptors (Lipinski definition) is 5. The average molecular weight is 441 g/mol.